The maximum Gasteiger partial charge on any atom is 0.274 e. The number of Topliss-reactive ketones (excluding diaryl/α,β-unsaturated/α-hetero) is 1. The standard InChI is InChI=1S/C29H27F2N3O5/c1-17(2)33-16-29(11-21(35)12-29)34-14-22(27(37)32-13-19-8-9-20(30)10-23(19)31)25(36)26(24(34)28(33)38)39-15-18-6-4-3-5-7-18/h3-10,14,17H,11-13,15-16H2,1-2H3,(H,32,37). The van der Waals surface area contributed by atoms with Crippen molar-refractivity contribution in [3.05, 3.63) is 99.0 Å². The summed E-state index contributed by atoms with van der Waals surface area (Å²) in [5.74, 6) is -3.12. The molecule has 0 radical (unpaired) electrons. The molecule has 1 saturated carbocycles. The van der Waals surface area contributed by atoms with Crippen molar-refractivity contribution in [2.24, 2.45) is 0 Å². The van der Waals surface area contributed by atoms with Gasteiger partial charge in [0.05, 0.1) is 5.54 Å². The van der Waals surface area contributed by atoms with E-state index in [0.29, 0.717) is 6.07 Å². The van der Waals surface area contributed by atoms with Crippen LogP contribution in [-0.4, -0.2) is 39.7 Å². The molecule has 2 heterocycles. The highest BCUT2D eigenvalue weighted by Gasteiger charge is 2.53. The first kappa shape index (κ1) is 26.3. The Balaban J connectivity index is 1.58. The van der Waals surface area contributed by atoms with E-state index in [2.05, 4.69) is 5.32 Å². The van der Waals surface area contributed by atoms with Crippen LogP contribution in [0, 0.1) is 11.6 Å². The molecular formula is C29H27F2N3O5. The summed E-state index contributed by atoms with van der Waals surface area (Å²) < 4.78 is 34.9. The zero-order chi connectivity index (χ0) is 27.9. The number of rotatable bonds is 7. The Kier molecular flexibility index (Phi) is 6.80. The van der Waals surface area contributed by atoms with Gasteiger partial charge in [-0.25, -0.2) is 8.78 Å². The fraction of sp³-hybridized carbons (Fsp3) is 0.310. The van der Waals surface area contributed by atoms with Crippen molar-refractivity contribution in [3.63, 3.8) is 0 Å². The van der Waals surface area contributed by atoms with E-state index in [-0.39, 0.29) is 66.9 Å². The molecule has 1 fully saturated rings. The Morgan fingerprint density at radius 1 is 1.08 bits per heavy atom. The molecular weight excluding hydrogens is 508 g/mol. The lowest BCUT2D eigenvalue weighted by Gasteiger charge is -2.51. The third-order valence-electron chi connectivity index (χ3n) is 7.21. The van der Waals surface area contributed by atoms with Gasteiger partial charge in [-0.1, -0.05) is 36.4 Å². The number of carbonyl (C=O) groups excluding carboxylic acids is 3. The number of fused-ring (bicyclic) bond motifs is 2. The predicted molar refractivity (Wildman–Crippen MR) is 137 cm³/mol. The van der Waals surface area contributed by atoms with Crippen molar-refractivity contribution in [3.8, 4) is 5.75 Å². The first-order chi connectivity index (χ1) is 18.6. The van der Waals surface area contributed by atoms with Crippen LogP contribution in [0.5, 0.6) is 5.75 Å². The summed E-state index contributed by atoms with van der Waals surface area (Å²) in [6.45, 7) is 3.61. The Bertz CT molecular complexity index is 1530. The number of aromatic nitrogens is 1. The number of nitrogens with zero attached hydrogens (tertiary/aromatic N) is 2. The Morgan fingerprint density at radius 3 is 2.44 bits per heavy atom. The van der Waals surface area contributed by atoms with E-state index >= 15 is 0 Å². The summed E-state index contributed by atoms with van der Waals surface area (Å²) in [6.07, 6.45) is 1.57. The van der Waals surface area contributed by atoms with Crippen LogP contribution < -0.4 is 15.5 Å². The monoisotopic (exact) mass is 535 g/mol. The maximum absolute atomic E-state index is 14.1. The molecule has 1 aliphatic carbocycles. The molecule has 39 heavy (non-hydrogen) atoms. The number of hydrogen-bond donors (Lipinski definition) is 1. The number of ketones is 1. The van der Waals surface area contributed by atoms with E-state index in [4.69, 9.17) is 4.74 Å². The van der Waals surface area contributed by atoms with Gasteiger partial charge in [0.25, 0.3) is 11.8 Å². The first-order valence-corrected chi connectivity index (χ1v) is 12.6. The van der Waals surface area contributed by atoms with Crippen LogP contribution in [0.2, 0.25) is 0 Å². The summed E-state index contributed by atoms with van der Waals surface area (Å²) in [5.41, 5.74) is -1.16. The zero-order valence-electron chi connectivity index (χ0n) is 21.5. The maximum atomic E-state index is 14.1. The van der Waals surface area contributed by atoms with E-state index in [1.165, 1.54) is 12.3 Å². The molecule has 5 rings (SSSR count). The van der Waals surface area contributed by atoms with Gasteiger partial charge in [0.15, 0.2) is 11.4 Å². The zero-order valence-corrected chi connectivity index (χ0v) is 21.5. The molecule has 1 aliphatic heterocycles. The third-order valence-corrected chi connectivity index (χ3v) is 7.21. The first-order valence-electron chi connectivity index (χ1n) is 12.6. The lowest BCUT2D eigenvalue weighted by molar-refractivity contribution is -0.133. The average Bonchev–Trinajstić information content (AvgIpc) is 2.88. The number of nitrogens with one attached hydrogen (secondary N) is 1. The van der Waals surface area contributed by atoms with Gasteiger partial charge in [-0.05, 0) is 25.5 Å². The van der Waals surface area contributed by atoms with Crippen molar-refractivity contribution in [1.82, 2.24) is 14.8 Å². The van der Waals surface area contributed by atoms with Gasteiger partial charge in [0.1, 0.15) is 29.6 Å². The molecule has 1 aromatic heterocycles. The number of ether oxygens (including phenoxy) is 1. The lowest BCUT2D eigenvalue weighted by Crippen LogP contribution is -2.62. The van der Waals surface area contributed by atoms with Crippen LogP contribution in [0.3, 0.4) is 0 Å². The summed E-state index contributed by atoms with van der Waals surface area (Å²) in [5, 5.41) is 2.50. The molecule has 0 saturated heterocycles. The fourth-order valence-corrected chi connectivity index (χ4v) is 5.11. The summed E-state index contributed by atoms with van der Waals surface area (Å²) >= 11 is 0. The normalized spacial score (nSPS) is 15.8. The number of pyridine rings is 1. The van der Waals surface area contributed by atoms with E-state index in [9.17, 15) is 28.0 Å². The van der Waals surface area contributed by atoms with Gasteiger partial charge >= 0.3 is 0 Å². The van der Waals surface area contributed by atoms with Crippen molar-refractivity contribution >= 4 is 17.6 Å². The number of amides is 2. The van der Waals surface area contributed by atoms with E-state index in [0.717, 1.165) is 11.6 Å². The molecule has 0 unspecified atom stereocenters. The molecule has 1 spiro atoms. The van der Waals surface area contributed by atoms with Crippen molar-refractivity contribution < 1.29 is 27.9 Å². The van der Waals surface area contributed by atoms with Crippen LogP contribution in [0.4, 0.5) is 8.78 Å². The summed E-state index contributed by atoms with van der Waals surface area (Å²) in [4.78, 5) is 54.3. The van der Waals surface area contributed by atoms with Gasteiger partial charge in [0, 0.05) is 49.8 Å². The molecule has 2 aromatic carbocycles. The summed E-state index contributed by atoms with van der Waals surface area (Å²) in [6, 6.07) is 11.8. The minimum atomic E-state index is -0.837. The minimum Gasteiger partial charge on any atom is -0.483 e. The summed E-state index contributed by atoms with van der Waals surface area (Å²) in [7, 11) is 0. The van der Waals surface area contributed by atoms with Gasteiger partial charge in [-0.3, -0.25) is 19.2 Å². The van der Waals surface area contributed by atoms with Crippen molar-refractivity contribution in [2.45, 2.75) is 51.4 Å². The number of benzene rings is 2. The fourth-order valence-electron chi connectivity index (χ4n) is 5.11. The molecule has 3 aromatic rings. The van der Waals surface area contributed by atoms with Crippen LogP contribution >= 0.6 is 0 Å². The van der Waals surface area contributed by atoms with Crippen LogP contribution in [0.1, 0.15) is 58.7 Å². The number of carbonyl (C=O) groups is 3. The van der Waals surface area contributed by atoms with Gasteiger partial charge in [-0.15, -0.1) is 0 Å². The quantitative estimate of drug-likeness (QED) is 0.499. The molecule has 2 amide bonds. The molecule has 202 valence electrons. The van der Waals surface area contributed by atoms with Gasteiger partial charge in [-0.2, -0.15) is 0 Å². The van der Waals surface area contributed by atoms with E-state index in [1.54, 1.807) is 33.7 Å². The SMILES string of the molecule is CC(C)N1CC2(CC(=O)C2)n2cc(C(=O)NCc3ccc(F)cc3F)c(=O)c(OCc3ccccc3)c2C1=O. The molecule has 0 atom stereocenters. The molecule has 1 N–H and O–H groups in total. The topological polar surface area (TPSA) is 97.7 Å². The Labute approximate surface area is 223 Å². The number of hydrogen-bond acceptors (Lipinski definition) is 5. The van der Waals surface area contributed by atoms with Crippen LogP contribution in [-0.2, 0) is 23.5 Å². The predicted octanol–water partition coefficient (Wildman–Crippen LogP) is 3.56. The van der Waals surface area contributed by atoms with E-state index in [1.807, 2.05) is 19.9 Å². The van der Waals surface area contributed by atoms with Crippen LogP contribution in [0.25, 0.3) is 0 Å². The van der Waals surface area contributed by atoms with Gasteiger partial charge in [0.2, 0.25) is 5.43 Å². The van der Waals surface area contributed by atoms with Gasteiger partial charge < -0.3 is 19.5 Å². The Hall–Kier alpha value is -4.34. The molecule has 2 aliphatic rings. The second-order valence-electron chi connectivity index (χ2n) is 10.3. The van der Waals surface area contributed by atoms with E-state index < -0.39 is 34.4 Å². The average molecular weight is 536 g/mol. The van der Waals surface area contributed by atoms with Crippen LogP contribution in [0.15, 0.2) is 59.5 Å². The Morgan fingerprint density at radius 2 is 1.79 bits per heavy atom. The molecule has 8 nitrogen and oxygen atoms in total. The largest absolute Gasteiger partial charge is 0.483 e. The second-order valence-corrected chi connectivity index (χ2v) is 10.3. The lowest BCUT2D eigenvalue weighted by atomic mass is 9.73. The number of halogens is 2. The smallest absolute Gasteiger partial charge is 0.274 e. The van der Waals surface area contributed by atoms with Crippen molar-refractivity contribution in [2.75, 3.05) is 6.54 Å². The minimum absolute atomic E-state index is 0.00208. The van der Waals surface area contributed by atoms with Crippen molar-refractivity contribution in [1.29, 1.82) is 0 Å². The third kappa shape index (κ3) is 4.82. The second kappa shape index (κ2) is 10.1. The highest BCUT2D eigenvalue weighted by molar-refractivity contribution is 6.00. The highest BCUT2D eigenvalue weighted by Crippen LogP contribution is 2.43. The highest BCUT2D eigenvalue weighted by atomic mass is 19.1. The molecule has 0 bridgehead atoms. The molecule has 10 heteroatoms.